The molecule has 0 saturated heterocycles. The number of benzene rings is 2. The molecule has 0 fully saturated rings. The number of nitriles is 1. The number of halogens is 2. The van der Waals surface area contributed by atoms with Gasteiger partial charge in [-0.05, 0) is 61.2 Å². The minimum absolute atomic E-state index is 0.0173. The SMILES string of the molecule is Cc1nc2c(Cl)ccc(OCC#N)c2c(C)c1Cc1ccc(Cl)cc1. The van der Waals surface area contributed by atoms with Crippen molar-refractivity contribution in [3.63, 3.8) is 0 Å². The van der Waals surface area contributed by atoms with Gasteiger partial charge in [-0.15, -0.1) is 0 Å². The molecule has 0 unspecified atom stereocenters. The van der Waals surface area contributed by atoms with Crippen LogP contribution in [0.1, 0.15) is 22.4 Å². The molecule has 0 saturated carbocycles. The van der Waals surface area contributed by atoms with Crippen molar-refractivity contribution >= 4 is 34.1 Å². The van der Waals surface area contributed by atoms with Gasteiger partial charge < -0.3 is 4.74 Å². The minimum atomic E-state index is -0.0173. The van der Waals surface area contributed by atoms with Gasteiger partial charge in [-0.1, -0.05) is 35.3 Å². The lowest BCUT2D eigenvalue weighted by Gasteiger charge is -2.16. The lowest BCUT2D eigenvalue weighted by atomic mass is 9.96. The van der Waals surface area contributed by atoms with Crippen LogP contribution in [0.15, 0.2) is 36.4 Å². The Kier molecular flexibility index (Phi) is 5.13. The molecule has 0 amide bonds. The Morgan fingerprint density at radius 1 is 1.08 bits per heavy atom. The van der Waals surface area contributed by atoms with Crippen LogP contribution in [0, 0.1) is 25.2 Å². The number of hydrogen-bond acceptors (Lipinski definition) is 3. The molecule has 5 heteroatoms. The van der Waals surface area contributed by atoms with E-state index >= 15 is 0 Å². The highest BCUT2D eigenvalue weighted by molar-refractivity contribution is 6.35. The van der Waals surface area contributed by atoms with Gasteiger partial charge in [0.05, 0.1) is 10.5 Å². The zero-order valence-electron chi connectivity index (χ0n) is 13.9. The summed E-state index contributed by atoms with van der Waals surface area (Å²) in [5.74, 6) is 0.628. The smallest absolute Gasteiger partial charge is 0.174 e. The Morgan fingerprint density at radius 3 is 2.48 bits per heavy atom. The van der Waals surface area contributed by atoms with Crippen molar-refractivity contribution in [2.45, 2.75) is 20.3 Å². The Balaban J connectivity index is 2.16. The summed E-state index contributed by atoms with van der Waals surface area (Å²) in [6.07, 6.45) is 0.738. The first-order chi connectivity index (χ1) is 12.0. The number of ether oxygens (including phenoxy) is 1. The second-order valence-corrected chi connectivity index (χ2v) is 6.66. The minimum Gasteiger partial charge on any atom is -0.478 e. The Bertz CT molecular complexity index is 976. The van der Waals surface area contributed by atoms with E-state index in [4.69, 9.17) is 38.2 Å². The summed E-state index contributed by atoms with van der Waals surface area (Å²) in [5.41, 5.74) is 4.97. The van der Waals surface area contributed by atoms with Crippen LogP contribution in [-0.2, 0) is 6.42 Å². The number of nitrogens with zero attached hydrogens (tertiary/aromatic N) is 2. The summed E-state index contributed by atoms with van der Waals surface area (Å²) in [6.45, 7) is 4.01. The normalized spacial score (nSPS) is 10.7. The van der Waals surface area contributed by atoms with Crippen molar-refractivity contribution in [2.24, 2.45) is 0 Å². The molecule has 0 aliphatic carbocycles. The fourth-order valence-corrected chi connectivity index (χ4v) is 3.30. The molecular weight excluding hydrogens is 355 g/mol. The number of aromatic nitrogens is 1. The lowest BCUT2D eigenvalue weighted by Crippen LogP contribution is -2.03. The fraction of sp³-hybridized carbons (Fsp3) is 0.200. The van der Waals surface area contributed by atoms with Crippen molar-refractivity contribution < 1.29 is 4.74 Å². The highest BCUT2D eigenvalue weighted by Crippen LogP contribution is 2.35. The zero-order valence-corrected chi connectivity index (χ0v) is 15.4. The van der Waals surface area contributed by atoms with Crippen LogP contribution in [0.3, 0.4) is 0 Å². The summed E-state index contributed by atoms with van der Waals surface area (Å²) < 4.78 is 5.59. The molecule has 0 bridgehead atoms. The predicted octanol–water partition coefficient (Wildman–Crippen LogP) is 5.65. The van der Waals surface area contributed by atoms with E-state index < -0.39 is 0 Å². The van der Waals surface area contributed by atoms with E-state index in [-0.39, 0.29) is 6.61 Å². The van der Waals surface area contributed by atoms with Crippen LogP contribution in [0.4, 0.5) is 0 Å². The molecule has 126 valence electrons. The summed E-state index contributed by atoms with van der Waals surface area (Å²) in [5, 5.41) is 11.0. The van der Waals surface area contributed by atoms with E-state index in [1.807, 2.05) is 44.2 Å². The third-order valence-electron chi connectivity index (χ3n) is 4.22. The number of rotatable bonds is 4. The molecule has 3 aromatic rings. The number of aryl methyl sites for hydroxylation is 2. The molecule has 25 heavy (non-hydrogen) atoms. The quantitative estimate of drug-likeness (QED) is 0.595. The van der Waals surface area contributed by atoms with E-state index in [1.54, 1.807) is 12.1 Å². The molecule has 0 radical (unpaired) electrons. The van der Waals surface area contributed by atoms with Gasteiger partial charge in [0.25, 0.3) is 0 Å². The maximum Gasteiger partial charge on any atom is 0.174 e. The molecule has 0 atom stereocenters. The molecule has 0 spiro atoms. The maximum atomic E-state index is 8.81. The van der Waals surface area contributed by atoms with Crippen LogP contribution in [0.25, 0.3) is 10.9 Å². The summed E-state index contributed by atoms with van der Waals surface area (Å²) in [6, 6.07) is 13.3. The van der Waals surface area contributed by atoms with Gasteiger partial charge in [0.2, 0.25) is 0 Å². The van der Waals surface area contributed by atoms with E-state index in [9.17, 15) is 0 Å². The van der Waals surface area contributed by atoms with Crippen molar-refractivity contribution in [1.29, 1.82) is 5.26 Å². The van der Waals surface area contributed by atoms with Gasteiger partial charge >= 0.3 is 0 Å². The second-order valence-electron chi connectivity index (χ2n) is 5.82. The van der Waals surface area contributed by atoms with Crippen molar-refractivity contribution in [3.05, 3.63) is 68.8 Å². The summed E-state index contributed by atoms with van der Waals surface area (Å²) >= 11 is 12.3. The first-order valence-corrected chi connectivity index (χ1v) is 8.59. The first kappa shape index (κ1) is 17.5. The Morgan fingerprint density at radius 2 is 1.80 bits per heavy atom. The molecule has 0 aliphatic rings. The van der Waals surface area contributed by atoms with Crippen LogP contribution < -0.4 is 4.74 Å². The summed E-state index contributed by atoms with van der Waals surface area (Å²) in [7, 11) is 0. The van der Waals surface area contributed by atoms with E-state index in [2.05, 4.69) is 0 Å². The van der Waals surface area contributed by atoms with Crippen molar-refractivity contribution in [2.75, 3.05) is 6.61 Å². The van der Waals surface area contributed by atoms with E-state index in [0.29, 0.717) is 21.3 Å². The number of pyridine rings is 1. The van der Waals surface area contributed by atoms with Gasteiger partial charge in [0.1, 0.15) is 11.8 Å². The Labute approximate surface area is 156 Å². The second kappa shape index (κ2) is 7.31. The largest absolute Gasteiger partial charge is 0.478 e. The lowest BCUT2D eigenvalue weighted by molar-refractivity contribution is 0.372. The van der Waals surface area contributed by atoms with Crippen molar-refractivity contribution in [3.8, 4) is 11.8 Å². The molecule has 2 aromatic carbocycles. The molecule has 3 nitrogen and oxygen atoms in total. The number of hydrogen-bond donors (Lipinski definition) is 0. The van der Waals surface area contributed by atoms with E-state index in [0.717, 1.165) is 34.2 Å². The zero-order chi connectivity index (χ0) is 18.0. The molecule has 1 heterocycles. The monoisotopic (exact) mass is 370 g/mol. The van der Waals surface area contributed by atoms with Crippen LogP contribution in [0.5, 0.6) is 5.75 Å². The van der Waals surface area contributed by atoms with Gasteiger partial charge in [0, 0.05) is 16.1 Å². The topological polar surface area (TPSA) is 45.9 Å². The first-order valence-electron chi connectivity index (χ1n) is 7.83. The van der Waals surface area contributed by atoms with Gasteiger partial charge in [0.15, 0.2) is 6.61 Å². The molecule has 0 N–H and O–H groups in total. The van der Waals surface area contributed by atoms with Gasteiger partial charge in [-0.3, -0.25) is 4.98 Å². The van der Waals surface area contributed by atoms with Crippen LogP contribution in [0.2, 0.25) is 10.0 Å². The van der Waals surface area contributed by atoms with Crippen LogP contribution in [-0.4, -0.2) is 11.6 Å². The number of fused-ring (bicyclic) bond motifs is 1. The third kappa shape index (κ3) is 3.56. The Hall–Kier alpha value is -2.28. The van der Waals surface area contributed by atoms with E-state index in [1.165, 1.54) is 0 Å². The van der Waals surface area contributed by atoms with Gasteiger partial charge in [-0.2, -0.15) is 5.26 Å². The average Bonchev–Trinajstić information content (AvgIpc) is 2.60. The fourth-order valence-electron chi connectivity index (χ4n) is 2.97. The standard InChI is InChI=1S/C20H16Cl2N2O/c1-12-16(11-14-3-5-15(21)6-4-14)13(2)24-20-17(22)7-8-18(19(12)20)25-10-9-23/h3-8H,10-11H2,1-2H3. The molecule has 0 aliphatic heterocycles. The molecule has 1 aromatic heterocycles. The average molecular weight is 371 g/mol. The predicted molar refractivity (Wildman–Crippen MR) is 102 cm³/mol. The highest BCUT2D eigenvalue weighted by atomic mass is 35.5. The maximum absolute atomic E-state index is 8.81. The third-order valence-corrected chi connectivity index (χ3v) is 4.78. The van der Waals surface area contributed by atoms with Gasteiger partial charge in [-0.25, -0.2) is 0 Å². The van der Waals surface area contributed by atoms with Crippen molar-refractivity contribution in [1.82, 2.24) is 4.98 Å². The molecule has 3 rings (SSSR count). The summed E-state index contributed by atoms with van der Waals surface area (Å²) in [4.78, 5) is 4.70. The molecular formula is C20H16Cl2N2O. The highest BCUT2D eigenvalue weighted by Gasteiger charge is 2.16. The van der Waals surface area contributed by atoms with Crippen LogP contribution >= 0.6 is 23.2 Å².